The Balaban J connectivity index is 1.77. The van der Waals surface area contributed by atoms with Crippen LogP contribution in [-0.4, -0.2) is 66.3 Å². The number of aryl methyl sites for hydroxylation is 1. The number of para-hydroxylation sites is 2. The molecular weight excluding hydrogens is 366 g/mol. The van der Waals surface area contributed by atoms with E-state index in [0.29, 0.717) is 11.3 Å². The van der Waals surface area contributed by atoms with Crippen LogP contribution in [0, 0.1) is 0 Å². The van der Waals surface area contributed by atoms with Crippen LogP contribution in [0.5, 0.6) is 0 Å². The normalized spacial score (nSPS) is 16.0. The first-order valence-electron chi connectivity index (χ1n) is 8.64. The Kier molecular flexibility index (Phi) is 4.44. The van der Waals surface area contributed by atoms with Crippen molar-refractivity contribution in [2.75, 3.05) is 42.8 Å². The molecule has 4 rings (SSSR count). The van der Waals surface area contributed by atoms with Crippen molar-refractivity contribution >= 4 is 32.7 Å². The van der Waals surface area contributed by atoms with Crippen LogP contribution >= 0.6 is 0 Å². The molecule has 0 aliphatic carbocycles. The minimum absolute atomic E-state index is 0.0873. The Morgan fingerprint density at radius 2 is 1.67 bits per heavy atom. The Morgan fingerprint density at radius 1 is 1.00 bits per heavy atom. The summed E-state index contributed by atoms with van der Waals surface area (Å²) in [6.07, 6.45) is 2.76. The van der Waals surface area contributed by atoms with E-state index < -0.39 is 10.0 Å². The number of nitrogens with zero attached hydrogens (tertiary/aromatic N) is 6. The molecule has 142 valence electrons. The average Bonchev–Trinajstić information content (AvgIpc) is 3.09. The molecule has 3 aromatic rings. The summed E-state index contributed by atoms with van der Waals surface area (Å²) in [5, 5.41) is 3.94. The van der Waals surface area contributed by atoms with Gasteiger partial charge in [0.15, 0.2) is 11.6 Å². The molecule has 27 heavy (non-hydrogen) atoms. The Bertz CT molecular complexity index is 1070. The third-order valence-corrected chi connectivity index (χ3v) is 5.87. The van der Waals surface area contributed by atoms with E-state index in [2.05, 4.69) is 31.7 Å². The standard InChI is InChI=1S/C17H21N7O2S/c1-22-7-9-24(10-8-22)17-16(19-14-5-3-4-6-15(14)20-17)21-27(25,26)13-11-18-23(2)12-13/h3-6,11-12H,7-10H2,1-2H3,(H,19,21). The predicted octanol–water partition coefficient (Wildman–Crippen LogP) is 0.916. The lowest BCUT2D eigenvalue weighted by molar-refractivity contribution is 0.312. The molecule has 1 aromatic carbocycles. The van der Waals surface area contributed by atoms with Crippen LogP contribution in [-0.2, 0) is 17.1 Å². The number of piperazine rings is 1. The van der Waals surface area contributed by atoms with E-state index in [-0.39, 0.29) is 10.7 Å². The van der Waals surface area contributed by atoms with Crippen molar-refractivity contribution in [1.29, 1.82) is 0 Å². The van der Waals surface area contributed by atoms with Gasteiger partial charge in [-0.2, -0.15) is 5.10 Å². The Labute approximate surface area is 157 Å². The van der Waals surface area contributed by atoms with Crippen LogP contribution < -0.4 is 9.62 Å². The summed E-state index contributed by atoms with van der Waals surface area (Å²) < 4.78 is 29.6. The van der Waals surface area contributed by atoms with Gasteiger partial charge >= 0.3 is 0 Å². The van der Waals surface area contributed by atoms with Gasteiger partial charge in [0, 0.05) is 39.4 Å². The van der Waals surface area contributed by atoms with Gasteiger partial charge in [-0.3, -0.25) is 9.40 Å². The quantitative estimate of drug-likeness (QED) is 0.711. The molecule has 10 heteroatoms. The highest BCUT2D eigenvalue weighted by Crippen LogP contribution is 2.27. The van der Waals surface area contributed by atoms with Crippen molar-refractivity contribution in [2.45, 2.75) is 4.90 Å². The van der Waals surface area contributed by atoms with Crippen molar-refractivity contribution < 1.29 is 8.42 Å². The van der Waals surface area contributed by atoms with Crippen LogP contribution in [0.15, 0.2) is 41.6 Å². The van der Waals surface area contributed by atoms with Gasteiger partial charge in [0.2, 0.25) is 0 Å². The molecule has 1 fully saturated rings. The summed E-state index contributed by atoms with van der Waals surface area (Å²) in [6, 6.07) is 7.44. The molecule has 0 saturated carbocycles. The van der Waals surface area contributed by atoms with Crippen LogP contribution in [0.25, 0.3) is 11.0 Å². The third kappa shape index (κ3) is 3.58. The molecule has 1 N–H and O–H groups in total. The molecule has 9 nitrogen and oxygen atoms in total. The number of anilines is 2. The van der Waals surface area contributed by atoms with Gasteiger partial charge in [0.05, 0.1) is 17.2 Å². The van der Waals surface area contributed by atoms with Crippen molar-refractivity contribution in [2.24, 2.45) is 7.05 Å². The maximum atomic E-state index is 12.8. The van der Waals surface area contributed by atoms with Crippen molar-refractivity contribution in [3.05, 3.63) is 36.7 Å². The number of sulfonamides is 1. The molecule has 0 atom stereocenters. The zero-order chi connectivity index (χ0) is 19.0. The summed E-state index contributed by atoms with van der Waals surface area (Å²) in [5.74, 6) is 0.788. The van der Waals surface area contributed by atoms with Crippen molar-refractivity contribution in [3.63, 3.8) is 0 Å². The predicted molar refractivity (Wildman–Crippen MR) is 103 cm³/mol. The first-order valence-corrected chi connectivity index (χ1v) is 10.1. The summed E-state index contributed by atoms with van der Waals surface area (Å²) in [5.41, 5.74) is 1.37. The first kappa shape index (κ1) is 17.7. The highest BCUT2D eigenvalue weighted by Gasteiger charge is 2.24. The summed E-state index contributed by atoms with van der Waals surface area (Å²) in [7, 11) is -0.0699. The lowest BCUT2D eigenvalue weighted by Crippen LogP contribution is -2.45. The second-order valence-corrected chi connectivity index (χ2v) is 8.31. The summed E-state index contributed by atoms with van der Waals surface area (Å²) >= 11 is 0. The Morgan fingerprint density at radius 3 is 2.30 bits per heavy atom. The number of benzene rings is 1. The molecule has 0 unspecified atom stereocenters. The zero-order valence-electron chi connectivity index (χ0n) is 15.2. The van der Waals surface area contributed by atoms with Crippen LogP contribution in [0.1, 0.15) is 0 Å². The van der Waals surface area contributed by atoms with E-state index in [1.807, 2.05) is 24.3 Å². The number of hydrogen-bond donors (Lipinski definition) is 1. The van der Waals surface area contributed by atoms with Gasteiger partial charge in [-0.1, -0.05) is 12.1 Å². The monoisotopic (exact) mass is 387 g/mol. The van der Waals surface area contributed by atoms with E-state index in [4.69, 9.17) is 4.98 Å². The topological polar surface area (TPSA) is 96.2 Å². The highest BCUT2D eigenvalue weighted by molar-refractivity contribution is 7.92. The molecule has 3 heterocycles. The van der Waals surface area contributed by atoms with E-state index in [9.17, 15) is 8.42 Å². The van der Waals surface area contributed by atoms with Gasteiger partial charge in [-0.15, -0.1) is 0 Å². The molecule has 1 aliphatic rings. The number of hydrogen-bond acceptors (Lipinski definition) is 7. The van der Waals surface area contributed by atoms with E-state index in [1.165, 1.54) is 17.1 Å². The second kappa shape index (κ2) is 6.78. The van der Waals surface area contributed by atoms with Crippen LogP contribution in [0.4, 0.5) is 11.6 Å². The van der Waals surface area contributed by atoms with Gasteiger partial charge < -0.3 is 9.80 Å². The van der Waals surface area contributed by atoms with E-state index in [1.54, 1.807) is 7.05 Å². The fourth-order valence-electron chi connectivity index (χ4n) is 3.02. The molecule has 0 spiro atoms. The molecule has 2 aromatic heterocycles. The van der Waals surface area contributed by atoms with E-state index >= 15 is 0 Å². The zero-order valence-corrected chi connectivity index (χ0v) is 16.0. The molecule has 0 radical (unpaired) electrons. The smallest absolute Gasteiger partial charge is 0.266 e. The summed E-state index contributed by atoms with van der Waals surface area (Å²) in [4.78, 5) is 13.6. The minimum atomic E-state index is -3.81. The van der Waals surface area contributed by atoms with E-state index in [0.717, 1.165) is 31.7 Å². The maximum Gasteiger partial charge on any atom is 0.266 e. The maximum absolute atomic E-state index is 12.8. The number of aromatic nitrogens is 4. The highest BCUT2D eigenvalue weighted by atomic mass is 32.2. The number of rotatable bonds is 4. The molecule has 0 amide bonds. The third-order valence-electron chi connectivity index (χ3n) is 4.58. The van der Waals surface area contributed by atoms with Gasteiger partial charge in [-0.25, -0.2) is 18.4 Å². The summed E-state index contributed by atoms with van der Waals surface area (Å²) in [6.45, 7) is 3.27. The lowest BCUT2D eigenvalue weighted by atomic mass is 10.3. The molecule has 1 saturated heterocycles. The van der Waals surface area contributed by atoms with Gasteiger partial charge in [0.1, 0.15) is 4.90 Å². The Hall–Kier alpha value is -2.72. The first-order chi connectivity index (χ1) is 12.9. The fraction of sp³-hybridized carbons (Fsp3) is 0.353. The van der Waals surface area contributed by atoms with Crippen molar-refractivity contribution in [3.8, 4) is 0 Å². The average molecular weight is 387 g/mol. The number of fused-ring (bicyclic) bond motifs is 1. The number of nitrogens with one attached hydrogen (secondary N) is 1. The lowest BCUT2D eigenvalue weighted by Gasteiger charge is -2.33. The van der Waals surface area contributed by atoms with Crippen LogP contribution in [0.3, 0.4) is 0 Å². The van der Waals surface area contributed by atoms with Crippen molar-refractivity contribution in [1.82, 2.24) is 24.6 Å². The molecule has 1 aliphatic heterocycles. The number of likely N-dealkylation sites (N-methyl/N-ethyl adjacent to an activating group) is 1. The largest absolute Gasteiger partial charge is 0.351 e. The minimum Gasteiger partial charge on any atom is -0.351 e. The molecular formula is C17H21N7O2S. The second-order valence-electron chi connectivity index (χ2n) is 6.63. The fourth-order valence-corrected chi connectivity index (χ4v) is 4.01. The van der Waals surface area contributed by atoms with Crippen LogP contribution in [0.2, 0.25) is 0 Å². The van der Waals surface area contributed by atoms with Gasteiger partial charge in [0.25, 0.3) is 10.0 Å². The SMILES string of the molecule is CN1CCN(c2nc3ccccc3nc2NS(=O)(=O)c2cnn(C)c2)CC1. The van der Waals surface area contributed by atoms with Gasteiger partial charge in [-0.05, 0) is 19.2 Å². The molecule has 0 bridgehead atoms.